The minimum absolute atomic E-state index is 0.0128. The number of hydrogen-bond acceptors (Lipinski definition) is 7. The fraction of sp³-hybridized carbons (Fsp3) is 0.211. The lowest BCUT2D eigenvalue weighted by atomic mass is 10.1. The van der Waals surface area contributed by atoms with Gasteiger partial charge in [-0.2, -0.15) is 0 Å². The van der Waals surface area contributed by atoms with Crippen LogP contribution in [0.1, 0.15) is 20.8 Å². The number of thiophene rings is 1. The molecule has 0 radical (unpaired) electrons. The van der Waals surface area contributed by atoms with E-state index in [-0.39, 0.29) is 12.3 Å². The van der Waals surface area contributed by atoms with Gasteiger partial charge >= 0.3 is 5.97 Å². The van der Waals surface area contributed by atoms with Crippen LogP contribution in [-0.4, -0.2) is 25.1 Å². The van der Waals surface area contributed by atoms with Crippen LogP contribution in [0.5, 0.6) is 11.5 Å². The molecule has 0 N–H and O–H groups in total. The third-order valence-corrected chi connectivity index (χ3v) is 5.21. The first-order valence-electron chi connectivity index (χ1n) is 7.99. The Labute approximate surface area is 159 Å². The van der Waals surface area contributed by atoms with Gasteiger partial charge < -0.3 is 14.2 Å². The zero-order valence-electron chi connectivity index (χ0n) is 15.0. The van der Waals surface area contributed by atoms with Crippen molar-refractivity contribution in [3.05, 3.63) is 62.5 Å². The summed E-state index contributed by atoms with van der Waals surface area (Å²) in [5.41, 5.74) is 1.70. The zero-order chi connectivity index (χ0) is 19.6. The summed E-state index contributed by atoms with van der Waals surface area (Å²) in [6.45, 7) is 1.98. The van der Waals surface area contributed by atoms with Gasteiger partial charge in [-0.15, -0.1) is 11.3 Å². The number of carbonyl (C=O) groups excluding carboxylic acids is 1. The molecule has 0 saturated heterocycles. The summed E-state index contributed by atoms with van der Waals surface area (Å²) in [5.74, 6) is 0.688. The van der Waals surface area contributed by atoms with Gasteiger partial charge in [-0.3, -0.25) is 10.1 Å². The maximum absolute atomic E-state index is 12.4. The molecule has 0 atom stereocenters. The summed E-state index contributed by atoms with van der Waals surface area (Å²) in [5, 5.41) is 11.5. The molecular weight excluding hydrogens is 370 g/mol. The minimum atomic E-state index is -0.479. The van der Waals surface area contributed by atoms with Gasteiger partial charge in [0.05, 0.1) is 19.1 Å². The summed E-state index contributed by atoms with van der Waals surface area (Å²) >= 11 is 1.24. The molecule has 0 fully saturated rings. The molecule has 8 heteroatoms. The highest BCUT2D eigenvalue weighted by molar-refractivity contribution is 7.20. The molecule has 27 heavy (non-hydrogen) atoms. The average molecular weight is 387 g/mol. The largest absolute Gasteiger partial charge is 0.493 e. The van der Waals surface area contributed by atoms with E-state index in [1.807, 2.05) is 13.0 Å². The van der Waals surface area contributed by atoms with Crippen molar-refractivity contribution in [2.45, 2.75) is 13.5 Å². The van der Waals surface area contributed by atoms with Crippen LogP contribution >= 0.6 is 11.3 Å². The number of fused-ring (bicyclic) bond motifs is 1. The molecule has 1 aromatic heterocycles. The van der Waals surface area contributed by atoms with E-state index < -0.39 is 10.9 Å². The number of nitrogens with zero attached hydrogens (tertiary/aromatic N) is 1. The van der Waals surface area contributed by atoms with Gasteiger partial charge in [0.15, 0.2) is 11.5 Å². The standard InChI is InChI=1S/C19H17NO6S/c1-11-6-15(24-2)16(25-3)8-13(11)10-26-19(21)18-9-12-7-14(20(22)23)4-5-17(12)27-18/h4-9H,10H2,1-3H3. The number of carbonyl (C=O) groups is 1. The Morgan fingerprint density at radius 3 is 2.48 bits per heavy atom. The van der Waals surface area contributed by atoms with E-state index in [9.17, 15) is 14.9 Å². The molecule has 3 aromatic rings. The van der Waals surface area contributed by atoms with Crippen molar-refractivity contribution in [1.29, 1.82) is 0 Å². The number of esters is 1. The topological polar surface area (TPSA) is 87.9 Å². The van der Waals surface area contributed by atoms with Gasteiger partial charge in [0.25, 0.3) is 5.69 Å². The first kappa shape index (κ1) is 18.7. The van der Waals surface area contributed by atoms with Gasteiger partial charge in [-0.25, -0.2) is 4.79 Å². The van der Waals surface area contributed by atoms with Crippen molar-refractivity contribution >= 4 is 33.1 Å². The van der Waals surface area contributed by atoms with Crippen LogP contribution in [0.15, 0.2) is 36.4 Å². The Hall–Kier alpha value is -3.13. The molecule has 0 aliphatic carbocycles. The fourth-order valence-corrected chi connectivity index (χ4v) is 3.57. The zero-order valence-corrected chi connectivity index (χ0v) is 15.8. The van der Waals surface area contributed by atoms with Crippen LogP contribution in [0.4, 0.5) is 5.69 Å². The Morgan fingerprint density at radius 2 is 1.81 bits per heavy atom. The monoisotopic (exact) mass is 387 g/mol. The van der Waals surface area contributed by atoms with Crippen LogP contribution in [-0.2, 0) is 11.3 Å². The highest BCUT2D eigenvalue weighted by atomic mass is 32.1. The number of methoxy groups -OCH3 is 2. The van der Waals surface area contributed by atoms with Crippen molar-refractivity contribution in [2.75, 3.05) is 14.2 Å². The number of ether oxygens (including phenoxy) is 3. The number of aryl methyl sites for hydroxylation is 1. The summed E-state index contributed by atoms with van der Waals surface area (Å²) in [7, 11) is 3.10. The number of benzene rings is 2. The Bertz CT molecular complexity index is 1030. The predicted octanol–water partition coefficient (Wildman–Crippen LogP) is 4.49. The molecule has 0 spiro atoms. The highest BCUT2D eigenvalue weighted by Gasteiger charge is 2.16. The Balaban J connectivity index is 1.78. The molecule has 0 aliphatic heterocycles. The van der Waals surface area contributed by atoms with Crippen LogP contribution in [0.3, 0.4) is 0 Å². The van der Waals surface area contributed by atoms with E-state index in [0.29, 0.717) is 21.8 Å². The normalized spacial score (nSPS) is 10.6. The predicted molar refractivity (Wildman–Crippen MR) is 102 cm³/mol. The molecule has 0 amide bonds. The van der Waals surface area contributed by atoms with Gasteiger partial charge in [-0.05, 0) is 42.3 Å². The van der Waals surface area contributed by atoms with Crippen molar-refractivity contribution in [2.24, 2.45) is 0 Å². The van der Waals surface area contributed by atoms with Gasteiger partial charge in [0.2, 0.25) is 0 Å². The molecule has 7 nitrogen and oxygen atoms in total. The summed E-state index contributed by atoms with van der Waals surface area (Å²) in [6.07, 6.45) is 0. The first-order chi connectivity index (χ1) is 12.9. The molecule has 0 aliphatic rings. The quantitative estimate of drug-likeness (QED) is 0.352. The fourth-order valence-electron chi connectivity index (χ4n) is 2.64. The van der Waals surface area contributed by atoms with Crippen molar-refractivity contribution in [1.82, 2.24) is 0 Å². The minimum Gasteiger partial charge on any atom is -0.493 e. The second kappa shape index (κ2) is 7.63. The smallest absolute Gasteiger partial charge is 0.348 e. The molecule has 0 bridgehead atoms. The SMILES string of the molecule is COc1cc(C)c(COC(=O)c2cc3cc([N+](=O)[O-])ccc3s2)cc1OC. The Morgan fingerprint density at radius 1 is 1.11 bits per heavy atom. The molecular formula is C19H17NO6S. The van der Waals surface area contributed by atoms with Crippen LogP contribution in [0, 0.1) is 17.0 Å². The highest BCUT2D eigenvalue weighted by Crippen LogP contribution is 2.32. The summed E-state index contributed by atoms with van der Waals surface area (Å²) < 4.78 is 16.7. The van der Waals surface area contributed by atoms with E-state index in [1.54, 1.807) is 32.4 Å². The van der Waals surface area contributed by atoms with Crippen LogP contribution < -0.4 is 9.47 Å². The number of rotatable bonds is 6. The van der Waals surface area contributed by atoms with E-state index in [0.717, 1.165) is 15.8 Å². The Kier molecular flexibility index (Phi) is 5.27. The third kappa shape index (κ3) is 3.85. The summed E-state index contributed by atoms with van der Waals surface area (Å²) in [4.78, 5) is 23.2. The van der Waals surface area contributed by atoms with Crippen molar-refractivity contribution < 1.29 is 23.9 Å². The molecule has 2 aromatic carbocycles. The molecule has 0 unspecified atom stereocenters. The first-order valence-corrected chi connectivity index (χ1v) is 8.81. The van der Waals surface area contributed by atoms with Crippen LogP contribution in [0.25, 0.3) is 10.1 Å². The molecule has 1 heterocycles. The van der Waals surface area contributed by atoms with E-state index in [2.05, 4.69) is 0 Å². The lowest BCUT2D eigenvalue weighted by Gasteiger charge is -2.12. The lowest BCUT2D eigenvalue weighted by Crippen LogP contribution is -2.05. The van der Waals surface area contributed by atoms with Gasteiger partial charge in [0, 0.05) is 22.2 Å². The number of hydrogen-bond donors (Lipinski definition) is 0. The number of nitro groups is 1. The molecule has 0 saturated carbocycles. The maximum atomic E-state index is 12.4. The second-order valence-corrected chi connectivity index (χ2v) is 6.88. The number of nitro benzene ring substituents is 1. The van der Waals surface area contributed by atoms with Crippen molar-refractivity contribution in [3.63, 3.8) is 0 Å². The average Bonchev–Trinajstić information content (AvgIpc) is 3.09. The lowest BCUT2D eigenvalue weighted by molar-refractivity contribution is -0.384. The second-order valence-electron chi connectivity index (χ2n) is 5.80. The molecule has 140 valence electrons. The van der Waals surface area contributed by atoms with Gasteiger partial charge in [0.1, 0.15) is 11.5 Å². The van der Waals surface area contributed by atoms with Crippen LogP contribution in [0.2, 0.25) is 0 Å². The van der Waals surface area contributed by atoms with E-state index >= 15 is 0 Å². The van der Waals surface area contributed by atoms with Crippen molar-refractivity contribution in [3.8, 4) is 11.5 Å². The summed E-state index contributed by atoms with van der Waals surface area (Å²) in [6, 6.07) is 9.70. The van der Waals surface area contributed by atoms with Gasteiger partial charge in [-0.1, -0.05) is 0 Å². The number of non-ortho nitro benzene ring substituents is 1. The maximum Gasteiger partial charge on any atom is 0.348 e. The van der Waals surface area contributed by atoms with E-state index in [4.69, 9.17) is 14.2 Å². The van der Waals surface area contributed by atoms with E-state index in [1.165, 1.54) is 23.5 Å². The third-order valence-electron chi connectivity index (χ3n) is 4.11. The molecule has 3 rings (SSSR count).